The van der Waals surface area contributed by atoms with Crippen LogP contribution in [0.1, 0.15) is 16.6 Å². The number of benzene rings is 1. The minimum Gasteiger partial charge on any atom is -0.395 e. The third-order valence-corrected chi connectivity index (χ3v) is 4.19. The molecular weight excluding hydrogens is 324 g/mol. The quantitative estimate of drug-likeness (QED) is 0.614. The van der Waals surface area contributed by atoms with E-state index in [1.54, 1.807) is 0 Å². The number of hydrogen-bond acceptors (Lipinski definition) is 7. The summed E-state index contributed by atoms with van der Waals surface area (Å²) in [6, 6.07) is 7.49. The van der Waals surface area contributed by atoms with Crippen LogP contribution < -0.4 is 4.90 Å². The Morgan fingerprint density at radius 2 is 2.09 bits per heavy atom. The summed E-state index contributed by atoms with van der Waals surface area (Å²) in [6.45, 7) is 3.54. The SMILES string of the molecule is CCN(CCO)c1ccc(N=Nc2nc(Cl)c(C=O)s2)cc1. The number of aldehydes is 1. The molecule has 0 aliphatic rings. The normalized spacial score (nSPS) is 11.0. The minimum atomic E-state index is 0.110. The summed E-state index contributed by atoms with van der Waals surface area (Å²) in [4.78, 5) is 17.0. The first-order chi connectivity index (χ1) is 10.7. The standard InChI is InChI=1S/C14H15ClN4O2S/c1-2-19(7-8-20)11-5-3-10(4-6-11)17-18-14-16-13(15)12(9-21)22-14/h3-6,9,20H,2,7-8H2,1H3. The lowest BCUT2D eigenvalue weighted by Gasteiger charge is -2.21. The maximum Gasteiger partial charge on any atom is 0.232 e. The fourth-order valence-electron chi connectivity index (χ4n) is 1.84. The van der Waals surface area contributed by atoms with Gasteiger partial charge in [0.05, 0.1) is 12.3 Å². The number of aliphatic hydroxyl groups excluding tert-OH is 1. The summed E-state index contributed by atoms with van der Waals surface area (Å²) in [5, 5.41) is 17.5. The number of halogens is 1. The molecule has 0 aliphatic heterocycles. The van der Waals surface area contributed by atoms with Crippen molar-refractivity contribution in [3.8, 4) is 0 Å². The third kappa shape index (κ3) is 4.09. The lowest BCUT2D eigenvalue weighted by atomic mass is 10.2. The Morgan fingerprint density at radius 3 is 2.64 bits per heavy atom. The fraction of sp³-hybridized carbons (Fsp3) is 0.286. The number of carbonyl (C=O) groups excluding carboxylic acids is 1. The molecule has 6 nitrogen and oxygen atoms in total. The molecule has 0 radical (unpaired) electrons. The van der Waals surface area contributed by atoms with E-state index in [4.69, 9.17) is 16.7 Å². The van der Waals surface area contributed by atoms with Crippen molar-refractivity contribution in [2.45, 2.75) is 6.92 Å². The molecule has 1 N–H and O–H groups in total. The molecule has 22 heavy (non-hydrogen) atoms. The van der Waals surface area contributed by atoms with Gasteiger partial charge in [-0.15, -0.1) is 10.2 Å². The fourth-order valence-corrected chi connectivity index (χ4v) is 2.72. The molecular formula is C14H15ClN4O2S. The van der Waals surface area contributed by atoms with E-state index in [1.165, 1.54) is 0 Å². The van der Waals surface area contributed by atoms with E-state index in [1.807, 2.05) is 31.2 Å². The molecule has 8 heteroatoms. The summed E-state index contributed by atoms with van der Waals surface area (Å²) in [5.74, 6) is 0. The van der Waals surface area contributed by atoms with E-state index in [0.29, 0.717) is 28.5 Å². The Bertz CT molecular complexity index is 657. The van der Waals surface area contributed by atoms with Gasteiger partial charge in [0, 0.05) is 18.8 Å². The van der Waals surface area contributed by atoms with Crippen molar-refractivity contribution in [3.63, 3.8) is 0 Å². The second-order valence-corrected chi connectivity index (χ2v) is 5.66. The van der Waals surface area contributed by atoms with E-state index in [-0.39, 0.29) is 11.8 Å². The zero-order valence-corrected chi connectivity index (χ0v) is 13.5. The number of rotatable bonds is 7. The van der Waals surface area contributed by atoms with Crippen LogP contribution in [-0.2, 0) is 0 Å². The van der Waals surface area contributed by atoms with Crippen molar-refractivity contribution < 1.29 is 9.90 Å². The number of anilines is 1. The molecule has 0 bridgehead atoms. The van der Waals surface area contributed by atoms with E-state index in [0.717, 1.165) is 23.6 Å². The second kappa shape index (κ2) is 7.98. The first-order valence-electron chi connectivity index (χ1n) is 6.67. The molecule has 1 heterocycles. The monoisotopic (exact) mass is 338 g/mol. The molecule has 0 spiro atoms. The van der Waals surface area contributed by atoms with Gasteiger partial charge in [-0.3, -0.25) is 4.79 Å². The molecule has 1 aromatic heterocycles. The van der Waals surface area contributed by atoms with Gasteiger partial charge in [-0.1, -0.05) is 22.9 Å². The van der Waals surface area contributed by atoms with Crippen molar-refractivity contribution >= 4 is 45.7 Å². The number of thiazole rings is 1. The number of aromatic nitrogens is 1. The van der Waals surface area contributed by atoms with Gasteiger partial charge in [0.2, 0.25) is 5.13 Å². The maximum absolute atomic E-state index is 10.7. The first kappa shape index (κ1) is 16.5. The summed E-state index contributed by atoms with van der Waals surface area (Å²) < 4.78 is 0. The molecule has 1 aromatic carbocycles. The third-order valence-electron chi connectivity index (χ3n) is 2.92. The smallest absolute Gasteiger partial charge is 0.232 e. The van der Waals surface area contributed by atoms with E-state index < -0.39 is 0 Å². The Hall–Kier alpha value is -1.83. The number of carbonyl (C=O) groups is 1. The van der Waals surface area contributed by atoms with Crippen molar-refractivity contribution in [3.05, 3.63) is 34.3 Å². The highest BCUT2D eigenvalue weighted by Crippen LogP contribution is 2.29. The molecule has 116 valence electrons. The summed E-state index contributed by atoms with van der Waals surface area (Å²) in [5.41, 5.74) is 1.68. The van der Waals surface area contributed by atoms with E-state index in [2.05, 4.69) is 20.1 Å². The van der Waals surface area contributed by atoms with E-state index >= 15 is 0 Å². The zero-order valence-electron chi connectivity index (χ0n) is 11.9. The van der Waals surface area contributed by atoms with Crippen LogP contribution >= 0.6 is 22.9 Å². The van der Waals surface area contributed by atoms with Gasteiger partial charge < -0.3 is 10.0 Å². The van der Waals surface area contributed by atoms with Gasteiger partial charge in [0.1, 0.15) is 4.88 Å². The molecule has 0 fully saturated rings. The Balaban J connectivity index is 2.09. The lowest BCUT2D eigenvalue weighted by Crippen LogP contribution is -2.25. The van der Waals surface area contributed by atoms with Crippen LogP contribution in [0, 0.1) is 0 Å². The van der Waals surface area contributed by atoms with Gasteiger partial charge in [-0.25, -0.2) is 4.98 Å². The molecule has 0 unspecified atom stereocenters. The van der Waals surface area contributed by atoms with Gasteiger partial charge >= 0.3 is 0 Å². The van der Waals surface area contributed by atoms with Crippen LogP contribution in [0.4, 0.5) is 16.5 Å². The van der Waals surface area contributed by atoms with Gasteiger partial charge in [-0.2, -0.15) is 0 Å². The van der Waals surface area contributed by atoms with Crippen molar-refractivity contribution in [2.75, 3.05) is 24.6 Å². The predicted octanol–water partition coefficient (Wildman–Crippen LogP) is 3.84. The predicted molar refractivity (Wildman–Crippen MR) is 88.1 cm³/mol. The van der Waals surface area contributed by atoms with Crippen molar-refractivity contribution in [1.82, 2.24) is 4.98 Å². The maximum atomic E-state index is 10.7. The molecule has 2 aromatic rings. The average molecular weight is 339 g/mol. The first-order valence-corrected chi connectivity index (χ1v) is 7.86. The molecule has 0 amide bonds. The summed E-state index contributed by atoms with van der Waals surface area (Å²) in [7, 11) is 0. The Morgan fingerprint density at radius 1 is 1.36 bits per heavy atom. The number of azo groups is 1. The topological polar surface area (TPSA) is 78.2 Å². The highest BCUT2D eigenvalue weighted by Gasteiger charge is 2.07. The van der Waals surface area contributed by atoms with Crippen molar-refractivity contribution in [1.29, 1.82) is 0 Å². The van der Waals surface area contributed by atoms with Gasteiger partial charge in [0.15, 0.2) is 11.4 Å². The Kier molecular flexibility index (Phi) is 6.00. The second-order valence-electron chi connectivity index (χ2n) is 4.29. The summed E-state index contributed by atoms with van der Waals surface area (Å²) in [6.07, 6.45) is 0.647. The highest BCUT2D eigenvalue weighted by molar-refractivity contribution is 7.17. The largest absolute Gasteiger partial charge is 0.395 e. The van der Waals surface area contributed by atoms with Gasteiger partial charge in [0.25, 0.3) is 0 Å². The zero-order chi connectivity index (χ0) is 15.9. The summed E-state index contributed by atoms with van der Waals surface area (Å²) >= 11 is 6.86. The molecule has 0 atom stereocenters. The van der Waals surface area contributed by atoms with Crippen LogP contribution in [0.3, 0.4) is 0 Å². The number of nitrogens with zero attached hydrogens (tertiary/aromatic N) is 4. The van der Waals surface area contributed by atoms with Crippen molar-refractivity contribution in [2.24, 2.45) is 10.2 Å². The average Bonchev–Trinajstić information content (AvgIpc) is 2.91. The van der Waals surface area contributed by atoms with Crippen LogP contribution in [0.2, 0.25) is 5.15 Å². The van der Waals surface area contributed by atoms with Crippen LogP contribution in [0.15, 0.2) is 34.5 Å². The lowest BCUT2D eigenvalue weighted by molar-refractivity contribution is 0.112. The minimum absolute atomic E-state index is 0.110. The highest BCUT2D eigenvalue weighted by atomic mass is 35.5. The van der Waals surface area contributed by atoms with Crippen LogP contribution in [-0.4, -0.2) is 36.1 Å². The molecule has 0 saturated heterocycles. The number of aliphatic hydroxyl groups is 1. The van der Waals surface area contributed by atoms with Gasteiger partial charge in [-0.05, 0) is 31.2 Å². The molecule has 0 aliphatic carbocycles. The molecule has 0 saturated carbocycles. The molecule has 2 rings (SSSR count). The van der Waals surface area contributed by atoms with E-state index in [9.17, 15) is 4.79 Å². The number of hydrogen-bond donors (Lipinski definition) is 1. The Labute approximate surface area is 137 Å². The van der Waals surface area contributed by atoms with Crippen LogP contribution in [0.25, 0.3) is 0 Å². The number of likely N-dealkylation sites (N-methyl/N-ethyl adjacent to an activating group) is 1. The van der Waals surface area contributed by atoms with Crippen LogP contribution in [0.5, 0.6) is 0 Å².